The lowest BCUT2D eigenvalue weighted by Crippen LogP contribution is -2.61. The molecule has 2 aliphatic rings. The van der Waals surface area contributed by atoms with Crippen LogP contribution in [-0.4, -0.2) is 70.1 Å². The molecule has 7 nitrogen and oxygen atoms in total. The summed E-state index contributed by atoms with van der Waals surface area (Å²) in [5.41, 5.74) is 0.613. The molecule has 24 heavy (non-hydrogen) atoms. The fourth-order valence-electron chi connectivity index (χ4n) is 4.12. The summed E-state index contributed by atoms with van der Waals surface area (Å²) in [4.78, 5) is 34.2. The number of likely N-dealkylation sites (tertiary alicyclic amines) is 2. The first-order valence-corrected chi connectivity index (χ1v) is 8.59. The number of hydrogen-bond acceptors (Lipinski definition) is 4. The number of hydrogen-bond donors (Lipinski definition) is 0. The Morgan fingerprint density at radius 1 is 1.33 bits per heavy atom. The fraction of sp³-hybridized carbons (Fsp3) is 0.706. The van der Waals surface area contributed by atoms with Crippen LogP contribution in [0.3, 0.4) is 0 Å². The molecule has 132 valence electrons. The van der Waals surface area contributed by atoms with E-state index in [-0.39, 0.29) is 11.8 Å². The van der Waals surface area contributed by atoms with Crippen LogP contribution in [-0.2, 0) is 16.6 Å². The first-order valence-electron chi connectivity index (χ1n) is 8.59. The molecule has 2 fully saturated rings. The first-order chi connectivity index (χ1) is 11.5. The summed E-state index contributed by atoms with van der Waals surface area (Å²) in [5, 5.41) is 0. The van der Waals surface area contributed by atoms with E-state index in [2.05, 4.69) is 4.98 Å². The average Bonchev–Trinajstić information content (AvgIpc) is 3.13. The summed E-state index contributed by atoms with van der Waals surface area (Å²) in [7, 11) is 3.46. The molecule has 3 rings (SSSR count). The second kappa shape index (κ2) is 6.55. The maximum atomic E-state index is 13.2. The number of nitrogens with zero attached hydrogens (tertiary/aromatic N) is 4. The number of aryl methyl sites for hydroxylation is 2. The Bertz CT molecular complexity index is 622. The number of ether oxygens (including phenoxy) is 1. The number of aromatic nitrogens is 2. The van der Waals surface area contributed by atoms with Crippen LogP contribution in [0.4, 0.5) is 0 Å². The molecule has 0 aromatic carbocycles. The van der Waals surface area contributed by atoms with Crippen molar-refractivity contribution in [1.82, 2.24) is 19.4 Å². The molecule has 1 unspecified atom stereocenters. The molecule has 7 heteroatoms. The quantitative estimate of drug-likeness (QED) is 0.823. The van der Waals surface area contributed by atoms with E-state index in [0.717, 1.165) is 32.2 Å². The highest BCUT2D eigenvalue weighted by Gasteiger charge is 2.53. The van der Waals surface area contributed by atoms with E-state index in [0.29, 0.717) is 31.1 Å². The van der Waals surface area contributed by atoms with Gasteiger partial charge in [0.2, 0.25) is 5.91 Å². The van der Waals surface area contributed by atoms with E-state index in [1.807, 2.05) is 18.9 Å². The maximum Gasteiger partial charge on any atom is 0.273 e. The van der Waals surface area contributed by atoms with Crippen molar-refractivity contribution < 1.29 is 14.3 Å². The average molecular weight is 334 g/mol. The van der Waals surface area contributed by atoms with Gasteiger partial charge in [-0.2, -0.15) is 0 Å². The Morgan fingerprint density at radius 2 is 2.04 bits per heavy atom. The van der Waals surface area contributed by atoms with Crippen LogP contribution in [0, 0.1) is 6.92 Å². The summed E-state index contributed by atoms with van der Waals surface area (Å²) in [6, 6.07) is 0. The lowest BCUT2D eigenvalue weighted by Gasteiger charge is -2.44. The highest BCUT2D eigenvalue weighted by molar-refractivity contribution is 5.99. The van der Waals surface area contributed by atoms with Gasteiger partial charge >= 0.3 is 0 Å². The zero-order valence-corrected chi connectivity index (χ0v) is 14.7. The van der Waals surface area contributed by atoms with Gasteiger partial charge in [-0.3, -0.25) is 9.59 Å². The zero-order valence-electron chi connectivity index (χ0n) is 14.7. The van der Waals surface area contributed by atoms with E-state index in [4.69, 9.17) is 4.74 Å². The van der Waals surface area contributed by atoms with Gasteiger partial charge in [0, 0.05) is 33.8 Å². The van der Waals surface area contributed by atoms with Crippen LogP contribution in [0.1, 0.15) is 41.9 Å². The van der Waals surface area contributed by atoms with Gasteiger partial charge in [-0.1, -0.05) is 0 Å². The Morgan fingerprint density at radius 3 is 2.67 bits per heavy atom. The molecule has 0 N–H and O–H groups in total. The molecule has 0 saturated carbocycles. The van der Waals surface area contributed by atoms with Crippen LogP contribution in [0.5, 0.6) is 0 Å². The minimum atomic E-state index is -0.681. The van der Waals surface area contributed by atoms with Gasteiger partial charge in [0.15, 0.2) is 0 Å². The minimum absolute atomic E-state index is 0.0769. The van der Waals surface area contributed by atoms with Crippen molar-refractivity contribution in [3.63, 3.8) is 0 Å². The van der Waals surface area contributed by atoms with Crippen LogP contribution >= 0.6 is 0 Å². The van der Waals surface area contributed by atoms with E-state index in [1.165, 1.54) is 0 Å². The van der Waals surface area contributed by atoms with Crippen molar-refractivity contribution in [2.75, 3.05) is 33.4 Å². The SMILES string of the molecule is COCCN1CCCC2(CCCN2C(=O)c2c(C)ncn2C)C1=O. The zero-order chi connectivity index (χ0) is 17.3. The Balaban J connectivity index is 1.89. The van der Waals surface area contributed by atoms with Gasteiger partial charge in [0.05, 0.1) is 18.6 Å². The second-order valence-corrected chi connectivity index (χ2v) is 6.77. The third-order valence-electron chi connectivity index (χ3n) is 5.33. The summed E-state index contributed by atoms with van der Waals surface area (Å²) in [6.07, 6.45) is 4.94. The highest BCUT2D eigenvalue weighted by atomic mass is 16.5. The molecule has 3 heterocycles. The van der Waals surface area contributed by atoms with Gasteiger partial charge in [0.25, 0.3) is 5.91 Å². The Kier molecular flexibility index (Phi) is 4.62. The standard InChI is InChI=1S/C17H26N4O3/c1-13-14(19(2)12-18-13)15(22)21-9-5-7-17(21)6-4-8-20(16(17)23)10-11-24-3/h12H,4-11H2,1-3H3. The summed E-state index contributed by atoms with van der Waals surface area (Å²) in [6.45, 7) is 4.33. The van der Waals surface area contributed by atoms with Crippen LogP contribution in [0.25, 0.3) is 0 Å². The molecule has 2 amide bonds. The van der Waals surface area contributed by atoms with Crippen molar-refractivity contribution in [3.8, 4) is 0 Å². The van der Waals surface area contributed by atoms with Gasteiger partial charge in [-0.15, -0.1) is 0 Å². The number of amides is 2. The molecule has 1 atom stereocenters. The monoisotopic (exact) mass is 334 g/mol. The van der Waals surface area contributed by atoms with Gasteiger partial charge in [0.1, 0.15) is 11.2 Å². The lowest BCUT2D eigenvalue weighted by molar-refractivity contribution is -0.146. The van der Waals surface area contributed by atoms with Gasteiger partial charge in [-0.25, -0.2) is 4.98 Å². The lowest BCUT2D eigenvalue weighted by atomic mass is 9.85. The predicted molar refractivity (Wildman–Crippen MR) is 88.6 cm³/mol. The Hall–Kier alpha value is -1.89. The number of carbonyl (C=O) groups is 2. The minimum Gasteiger partial charge on any atom is -0.383 e. The van der Waals surface area contributed by atoms with Crippen LogP contribution in [0.15, 0.2) is 6.33 Å². The largest absolute Gasteiger partial charge is 0.383 e. The number of piperidine rings is 1. The van der Waals surface area contributed by atoms with E-state index < -0.39 is 5.54 Å². The maximum absolute atomic E-state index is 13.2. The van der Waals surface area contributed by atoms with E-state index in [9.17, 15) is 9.59 Å². The third kappa shape index (κ3) is 2.60. The Labute approximate surface area is 142 Å². The summed E-state index contributed by atoms with van der Waals surface area (Å²) < 4.78 is 6.87. The number of carbonyl (C=O) groups excluding carboxylic acids is 2. The van der Waals surface area contributed by atoms with Gasteiger partial charge < -0.3 is 19.1 Å². The molecule has 0 bridgehead atoms. The van der Waals surface area contributed by atoms with Crippen molar-refractivity contribution >= 4 is 11.8 Å². The molecular formula is C17H26N4O3. The number of rotatable bonds is 4. The topological polar surface area (TPSA) is 67.7 Å². The first kappa shape index (κ1) is 17.0. The third-order valence-corrected chi connectivity index (χ3v) is 5.33. The van der Waals surface area contributed by atoms with Crippen molar-refractivity contribution in [2.24, 2.45) is 7.05 Å². The van der Waals surface area contributed by atoms with Crippen molar-refractivity contribution in [2.45, 2.75) is 38.1 Å². The second-order valence-electron chi connectivity index (χ2n) is 6.77. The fourth-order valence-corrected chi connectivity index (χ4v) is 4.12. The van der Waals surface area contributed by atoms with Crippen LogP contribution < -0.4 is 0 Å². The molecule has 0 aliphatic carbocycles. The van der Waals surface area contributed by atoms with Crippen LogP contribution in [0.2, 0.25) is 0 Å². The van der Waals surface area contributed by atoms with E-state index in [1.54, 1.807) is 22.9 Å². The molecule has 0 radical (unpaired) electrons. The van der Waals surface area contributed by atoms with Gasteiger partial charge in [-0.05, 0) is 32.6 Å². The molecule has 1 aromatic heterocycles. The molecule has 2 aliphatic heterocycles. The number of methoxy groups -OCH3 is 1. The summed E-state index contributed by atoms with van der Waals surface area (Å²) in [5.74, 6) is 0.00316. The highest BCUT2D eigenvalue weighted by Crippen LogP contribution is 2.39. The normalized spacial score (nSPS) is 24.2. The predicted octanol–water partition coefficient (Wildman–Crippen LogP) is 0.972. The number of imidazole rings is 1. The molecule has 1 aromatic rings. The van der Waals surface area contributed by atoms with Crippen molar-refractivity contribution in [1.29, 1.82) is 0 Å². The van der Waals surface area contributed by atoms with Crippen molar-refractivity contribution in [3.05, 3.63) is 17.7 Å². The molecular weight excluding hydrogens is 308 g/mol. The summed E-state index contributed by atoms with van der Waals surface area (Å²) >= 11 is 0. The molecule has 2 saturated heterocycles. The smallest absolute Gasteiger partial charge is 0.273 e. The molecule has 1 spiro atoms. The van der Waals surface area contributed by atoms with E-state index >= 15 is 0 Å².